The predicted octanol–water partition coefficient (Wildman–Crippen LogP) is 0.752. The van der Waals surface area contributed by atoms with Gasteiger partial charge in [-0.15, -0.1) is 0 Å². The number of rotatable bonds is 4. The Hall–Kier alpha value is -2.71. The molecule has 3 aliphatic heterocycles. The lowest BCUT2D eigenvalue weighted by Gasteiger charge is -2.27. The number of carboxylic acids is 1. The molecule has 1 aromatic rings. The molecule has 2 saturated heterocycles. The zero-order valence-corrected chi connectivity index (χ0v) is 14.5. The molecule has 27 heavy (non-hydrogen) atoms. The molecule has 0 aliphatic carbocycles. The summed E-state index contributed by atoms with van der Waals surface area (Å²) < 4.78 is 10.8. The second-order valence-corrected chi connectivity index (χ2v) is 6.81. The minimum atomic E-state index is -1.04. The second-order valence-electron chi connectivity index (χ2n) is 6.81. The highest BCUT2D eigenvalue weighted by molar-refractivity contribution is 5.98. The van der Waals surface area contributed by atoms with Crippen LogP contribution in [0.5, 0.6) is 0 Å². The quantitative estimate of drug-likeness (QED) is 0.756. The van der Waals surface area contributed by atoms with Crippen molar-refractivity contribution < 1.29 is 29.0 Å². The van der Waals surface area contributed by atoms with Gasteiger partial charge in [0.05, 0.1) is 31.3 Å². The average Bonchev–Trinajstić information content (AvgIpc) is 3.30. The van der Waals surface area contributed by atoms with Crippen molar-refractivity contribution in [1.29, 1.82) is 0 Å². The molecule has 2 N–H and O–H groups in total. The van der Waals surface area contributed by atoms with E-state index in [1.54, 1.807) is 41.3 Å². The number of hydrogen-bond acceptors (Lipinski definition) is 5. The molecule has 142 valence electrons. The van der Waals surface area contributed by atoms with Crippen molar-refractivity contribution in [2.45, 2.75) is 12.2 Å². The van der Waals surface area contributed by atoms with Crippen molar-refractivity contribution >= 4 is 23.5 Å². The van der Waals surface area contributed by atoms with Crippen LogP contribution in [0.3, 0.4) is 0 Å². The van der Waals surface area contributed by atoms with Gasteiger partial charge >= 0.3 is 5.97 Å². The standard InChI is InChI=1S/C19H20N2O6/c22-17(15-13-5-6-14(27-13)16(15)19(24)25)20-12-3-1-11(2-4-12)18(23)21-7-9-26-10-8-21/h1-6,13-16H,7-10H2,(H,20,22)(H,24,25)/t13-,14+,15-,16+/m1/s1. The average molecular weight is 372 g/mol. The van der Waals surface area contributed by atoms with Gasteiger partial charge in [-0.05, 0) is 24.3 Å². The van der Waals surface area contributed by atoms with Gasteiger partial charge in [0.15, 0.2) is 0 Å². The van der Waals surface area contributed by atoms with Gasteiger partial charge in [-0.2, -0.15) is 0 Å². The predicted molar refractivity (Wildman–Crippen MR) is 94.2 cm³/mol. The molecule has 3 heterocycles. The number of aliphatic carboxylic acids is 1. The third-order valence-corrected chi connectivity index (χ3v) is 5.19. The van der Waals surface area contributed by atoms with Gasteiger partial charge in [0.2, 0.25) is 5.91 Å². The number of carbonyl (C=O) groups excluding carboxylic acids is 2. The number of nitrogens with one attached hydrogen (secondary N) is 1. The molecule has 0 spiro atoms. The van der Waals surface area contributed by atoms with Crippen LogP contribution in [-0.4, -0.2) is 66.3 Å². The molecule has 3 aliphatic rings. The molecule has 2 amide bonds. The zero-order chi connectivity index (χ0) is 19.0. The smallest absolute Gasteiger partial charge is 0.310 e. The first-order valence-electron chi connectivity index (χ1n) is 8.89. The fourth-order valence-corrected chi connectivity index (χ4v) is 3.79. The van der Waals surface area contributed by atoms with E-state index in [4.69, 9.17) is 9.47 Å². The maximum Gasteiger partial charge on any atom is 0.310 e. The second kappa shape index (κ2) is 7.13. The number of hydrogen-bond donors (Lipinski definition) is 2. The van der Waals surface area contributed by atoms with Crippen LogP contribution in [0.2, 0.25) is 0 Å². The number of carbonyl (C=O) groups is 3. The summed E-state index contributed by atoms with van der Waals surface area (Å²) in [7, 11) is 0. The van der Waals surface area contributed by atoms with Crippen LogP contribution in [0.1, 0.15) is 10.4 Å². The first-order chi connectivity index (χ1) is 13.0. The Balaban J connectivity index is 1.42. The van der Waals surface area contributed by atoms with Gasteiger partial charge < -0.3 is 24.8 Å². The summed E-state index contributed by atoms with van der Waals surface area (Å²) in [6.07, 6.45) is 2.35. The Morgan fingerprint density at radius 3 is 2.26 bits per heavy atom. The van der Waals surface area contributed by atoms with Gasteiger partial charge in [0, 0.05) is 24.3 Å². The molecular weight excluding hydrogens is 352 g/mol. The highest BCUT2D eigenvalue weighted by Gasteiger charge is 2.53. The molecule has 0 radical (unpaired) electrons. The number of amides is 2. The largest absolute Gasteiger partial charge is 0.481 e. The lowest BCUT2D eigenvalue weighted by molar-refractivity contribution is -0.145. The summed E-state index contributed by atoms with van der Waals surface area (Å²) in [6, 6.07) is 6.59. The molecule has 8 heteroatoms. The maximum atomic E-state index is 12.6. The van der Waals surface area contributed by atoms with E-state index in [-0.39, 0.29) is 5.91 Å². The lowest BCUT2D eigenvalue weighted by Crippen LogP contribution is -2.40. The van der Waals surface area contributed by atoms with E-state index in [1.807, 2.05) is 0 Å². The topological polar surface area (TPSA) is 105 Å². The third kappa shape index (κ3) is 3.33. The Labute approximate surface area is 155 Å². The SMILES string of the molecule is O=C(O)[C@@H]1[C@H](C(=O)Nc2ccc(C(=O)N3CCOCC3)cc2)[C@H]2C=C[C@@H]1O2. The summed E-state index contributed by atoms with van der Waals surface area (Å²) in [6.45, 7) is 2.19. The number of ether oxygens (including phenoxy) is 2. The number of nitrogens with zero attached hydrogens (tertiary/aromatic N) is 1. The zero-order valence-electron chi connectivity index (χ0n) is 14.5. The Bertz CT molecular complexity index is 784. The van der Waals surface area contributed by atoms with Crippen LogP contribution in [0.4, 0.5) is 5.69 Å². The number of fused-ring (bicyclic) bond motifs is 2. The van der Waals surface area contributed by atoms with Crippen LogP contribution in [0.15, 0.2) is 36.4 Å². The summed E-state index contributed by atoms with van der Waals surface area (Å²) >= 11 is 0. The van der Waals surface area contributed by atoms with Crippen LogP contribution in [0, 0.1) is 11.8 Å². The lowest BCUT2D eigenvalue weighted by atomic mass is 9.82. The van der Waals surface area contributed by atoms with Gasteiger partial charge in [-0.3, -0.25) is 14.4 Å². The normalized spacial score (nSPS) is 29.0. The Morgan fingerprint density at radius 1 is 1.00 bits per heavy atom. The van der Waals surface area contributed by atoms with Crippen LogP contribution < -0.4 is 5.32 Å². The summed E-state index contributed by atoms with van der Waals surface area (Å²) in [5, 5.41) is 12.1. The van der Waals surface area contributed by atoms with Crippen molar-refractivity contribution in [2.75, 3.05) is 31.6 Å². The molecule has 4 atom stereocenters. The van der Waals surface area contributed by atoms with E-state index in [9.17, 15) is 19.5 Å². The van der Waals surface area contributed by atoms with Crippen molar-refractivity contribution in [3.8, 4) is 0 Å². The van der Waals surface area contributed by atoms with Gasteiger partial charge in [-0.1, -0.05) is 12.2 Å². The minimum Gasteiger partial charge on any atom is -0.481 e. The van der Waals surface area contributed by atoms with Crippen molar-refractivity contribution in [1.82, 2.24) is 4.90 Å². The summed E-state index contributed by atoms with van der Waals surface area (Å²) in [5.74, 6) is -3.17. The van der Waals surface area contributed by atoms with Gasteiger partial charge in [0.1, 0.15) is 5.92 Å². The summed E-state index contributed by atoms with van der Waals surface area (Å²) in [4.78, 5) is 38.3. The minimum absolute atomic E-state index is 0.0752. The van der Waals surface area contributed by atoms with E-state index in [2.05, 4.69) is 5.32 Å². The Morgan fingerprint density at radius 2 is 1.63 bits per heavy atom. The molecule has 4 rings (SSSR count). The molecule has 2 bridgehead atoms. The molecule has 1 aromatic carbocycles. The molecule has 0 aromatic heterocycles. The van der Waals surface area contributed by atoms with E-state index in [0.717, 1.165) is 0 Å². The monoisotopic (exact) mass is 372 g/mol. The molecular formula is C19H20N2O6. The van der Waals surface area contributed by atoms with Gasteiger partial charge in [-0.25, -0.2) is 0 Å². The fourth-order valence-electron chi connectivity index (χ4n) is 3.79. The van der Waals surface area contributed by atoms with Crippen LogP contribution in [-0.2, 0) is 19.1 Å². The molecule has 8 nitrogen and oxygen atoms in total. The highest BCUT2D eigenvalue weighted by atomic mass is 16.5. The number of carboxylic acid groups (broad SMARTS) is 1. The maximum absolute atomic E-state index is 12.6. The van der Waals surface area contributed by atoms with Crippen LogP contribution in [0.25, 0.3) is 0 Å². The van der Waals surface area contributed by atoms with Gasteiger partial charge in [0.25, 0.3) is 5.91 Å². The van der Waals surface area contributed by atoms with E-state index < -0.39 is 35.9 Å². The van der Waals surface area contributed by atoms with E-state index in [1.165, 1.54) is 0 Å². The fraction of sp³-hybridized carbons (Fsp3) is 0.421. The molecule has 0 unspecified atom stereocenters. The third-order valence-electron chi connectivity index (χ3n) is 5.19. The van der Waals surface area contributed by atoms with Crippen LogP contribution >= 0.6 is 0 Å². The highest BCUT2D eigenvalue weighted by Crippen LogP contribution is 2.39. The Kier molecular flexibility index (Phi) is 4.67. The summed E-state index contributed by atoms with van der Waals surface area (Å²) in [5.41, 5.74) is 1.04. The molecule has 2 fully saturated rings. The van der Waals surface area contributed by atoms with E-state index in [0.29, 0.717) is 37.6 Å². The van der Waals surface area contributed by atoms with Crippen molar-refractivity contribution in [3.63, 3.8) is 0 Å². The number of morpholine rings is 1. The number of anilines is 1. The van der Waals surface area contributed by atoms with Crippen molar-refractivity contribution in [2.24, 2.45) is 11.8 Å². The number of benzene rings is 1. The first kappa shape index (κ1) is 17.7. The van der Waals surface area contributed by atoms with Crippen molar-refractivity contribution in [3.05, 3.63) is 42.0 Å². The van der Waals surface area contributed by atoms with E-state index >= 15 is 0 Å². The molecule has 0 saturated carbocycles. The first-order valence-corrected chi connectivity index (χ1v) is 8.89.